The highest BCUT2D eigenvalue weighted by Crippen LogP contribution is 2.41. The van der Waals surface area contributed by atoms with Gasteiger partial charge in [-0.1, -0.05) is 0 Å². The maximum Gasteiger partial charge on any atom is 0.408 e. The first-order valence-corrected chi connectivity index (χ1v) is 12.6. The van der Waals surface area contributed by atoms with Gasteiger partial charge in [-0.3, -0.25) is 15.0 Å². The Hall–Kier alpha value is -3.65. The zero-order chi connectivity index (χ0) is 27.9. The number of aromatic nitrogens is 2. The molecule has 210 valence electrons. The van der Waals surface area contributed by atoms with Crippen LogP contribution in [0.2, 0.25) is 0 Å². The number of halogens is 3. The summed E-state index contributed by atoms with van der Waals surface area (Å²) in [6.07, 6.45) is -1.74. The summed E-state index contributed by atoms with van der Waals surface area (Å²) in [6.45, 7) is 1.91. The highest BCUT2D eigenvalue weighted by molar-refractivity contribution is 6.05. The summed E-state index contributed by atoms with van der Waals surface area (Å²) in [7, 11) is 0. The summed E-state index contributed by atoms with van der Waals surface area (Å²) in [5, 5.41) is 23.9. The van der Waals surface area contributed by atoms with Crippen LogP contribution in [0.25, 0.3) is 0 Å². The molecule has 4 heterocycles. The predicted octanol–water partition coefficient (Wildman–Crippen LogP) is 2.30. The highest BCUT2D eigenvalue weighted by Gasteiger charge is 2.50. The number of alkyl halides is 3. The number of carbonyl (C=O) groups is 2. The van der Waals surface area contributed by atoms with Crippen molar-refractivity contribution in [3.8, 4) is 5.75 Å². The Labute approximate surface area is 222 Å². The van der Waals surface area contributed by atoms with E-state index in [-0.39, 0.29) is 30.0 Å². The van der Waals surface area contributed by atoms with E-state index in [0.717, 1.165) is 0 Å². The summed E-state index contributed by atoms with van der Waals surface area (Å²) in [5.74, 6) is -0.972. The second-order valence-electron chi connectivity index (χ2n) is 10.4. The maximum absolute atomic E-state index is 13.5. The van der Waals surface area contributed by atoms with Crippen molar-refractivity contribution in [2.45, 2.75) is 50.0 Å². The minimum Gasteiger partial charge on any atom is -0.490 e. The number of aliphatic hydroxyl groups excluding tert-OH is 1. The summed E-state index contributed by atoms with van der Waals surface area (Å²) >= 11 is 0. The molecule has 0 aromatic carbocycles. The molecule has 14 heteroatoms. The number of urea groups is 1. The number of nitrogens with one attached hydrogen (secondary N) is 2. The molecule has 2 aromatic rings. The molecule has 5 rings (SSSR count). The summed E-state index contributed by atoms with van der Waals surface area (Å²) < 4.78 is 45.9. The van der Waals surface area contributed by atoms with Crippen molar-refractivity contribution in [3.05, 3.63) is 36.2 Å². The smallest absolute Gasteiger partial charge is 0.408 e. The number of fused-ring (bicyclic) bond motifs is 4. The molecular formula is C25H29F3N6O5. The summed E-state index contributed by atoms with van der Waals surface area (Å²) in [4.78, 5) is 38.1. The van der Waals surface area contributed by atoms with Crippen LogP contribution in [0.4, 0.5) is 35.3 Å². The SMILES string of the molecule is C[C@](O)(CO)COc1ccnc(NC(=O)N2c3nc(C(=O)N[C@H](C4CC4)C(F)(F)F)ccc3N3CCC2C3)c1. The number of hydrogen-bond donors (Lipinski definition) is 4. The number of rotatable bonds is 8. The quantitative estimate of drug-likeness (QED) is 0.393. The number of amides is 3. The Balaban J connectivity index is 1.35. The summed E-state index contributed by atoms with van der Waals surface area (Å²) in [5.41, 5.74) is -1.07. The second-order valence-corrected chi connectivity index (χ2v) is 10.4. The fourth-order valence-corrected chi connectivity index (χ4v) is 4.73. The van der Waals surface area contributed by atoms with Crippen LogP contribution in [0.5, 0.6) is 5.75 Å². The van der Waals surface area contributed by atoms with Gasteiger partial charge in [0.15, 0.2) is 5.82 Å². The van der Waals surface area contributed by atoms with E-state index in [1.165, 1.54) is 36.2 Å². The largest absolute Gasteiger partial charge is 0.490 e. The number of anilines is 3. The standard InChI is InChI=1S/C25H29F3N6O5/c1-24(38,12-35)13-39-16-6-8-29-19(10-16)31-23(37)34-15-7-9-33(11-15)18-5-4-17(30-21(18)34)22(36)32-20(14-2-3-14)25(26,27)28/h4-6,8,10,14-15,20,35,38H,2-3,7,9,11-13H2,1H3,(H,32,36)(H,29,31,37)/t15?,20-,24+/m1/s1. The van der Waals surface area contributed by atoms with Crippen LogP contribution < -0.4 is 25.2 Å². The van der Waals surface area contributed by atoms with Crippen LogP contribution in [0.15, 0.2) is 30.5 Å². The van der Waals surface area contributed by atoms with E-state index < -0.39 is 42.3 Å². The lowest BCUT2D eigenvalue weighted by molar-refractivity contribution is -0.158. The fourth-order valence-electron chi connectivity index (χ4n) is 4.73. The molecule has 2 bridgehead atoms. The van der Waals surface area contributed by atoms with Gasteiger partial charge in [0.1, 0.15) is 35.5 Å². The number of pyridine rings is 2. The molecule has 2 aliphatic heterocycles. The van der Waals surface area contributed by atoms with Crippen LogP contribution >= 0.6 is 0 Å². The zero-order valence-corrected chi connectivity index (χ0v) is 21.1. The molecular weight excluding hydrogens is 521 g/mol. The zero-order valence-electron chi connectivity index (χ0n) is 21.1. The Morgan fingerprint density at radius 3 is 2.69 bits per heavy atom. The average Bonchev–Trinajstić information content (AvgIpc) is 3.65. The maximum atomic E-state index is 13.5. The Bertz CT molecular complexity index is 1250. The van der Waals surface area contributed by atoms with Gasteiger partial charge in [-0.15, -0.1) is 0 Å². The molecule has 11 nitrogen and oxygen atoms in total. The minimum absolute atomic E-state index is 0.148. The van der Waals surface area contributed by atoms with E-state index in [1.54, 1.807) is 6.07 Å². The van der Waals surface area contributed by atoms with Crippen LogP contribution in [0.1, 0.15) is 36.7 Å². The predicted molar refractivity (Wildman–Crippen MR) is 134 cm³/mol. The van der Waals surface area contributed by atoms with E-state index >= 15 is 0 Å². The van der Waals surface area contributed by atoms with E-state index in [0.29, 0.717) is 43.8 Å². The molecule has 0 spiro atoms. The molecule has 3 amide bonds. The molecule has 4 N–H and O–H groups in total. The Morgan fingerprint density at radius 2 is 2.00 bits per heavy atom. The fraction of sp³-hybridized carbons (Fsp3) is 0.520. The van der Waals surface area contributed by atoms with E-state index in [9.17, 15) is 33.0 Å². The molecule has 1 aliphatic carbocycles. The molecule has 3 atom stereocenters. The van der Waals surface area contributed by atoms with Crippen molar-refractivity contribution in [2.24, 2.45) is 5.92 Å². The first-order valence-electron chi connectivity index (χ1n) is 12.6. The molecule has 1 unspecified atom stereocenters. The number of hydrogen-bond acceptors (Lipinski definition) is 8. The minimum atomic E-state index is -4.57. The highest BCUT2D eigenvalue weighted by atomic mass is 19.4. The lowest BCUT2D eigenvalue weighted by atomic mass is 10.1. The van der Waals surface area contributed by atoms with Gasteiger partial charge in [-0.25, -0.2) is 14.8 Å². The third-order valence-electron chi connectivity index (χ3n) is 6.99. The van der Waals surface area contributed by atoms with Crippen LogP contribution in [0, 0.1) is 5.92 Å². The van der Waals surface area contributed by atoms with Crippen LogP contribution in [-0.2, 0) is 0 Å². The van der Waals surface area contributed by atoms with Crippen molar-refractivity contribution < 1.29 is 37.7 Å². The molecule has 2 fully saturated rings. The average molecular weight is 551 g/mol. The van der Waals surface area contributed by atoms with Gasteiger partial charge in [-0.05, 0) is 50.3 Å². The number of ether oxygens (including phenoxy) is 1. The number of nitrogens with zero attached hydrogens (tertiary/aromatic N) is 4. The molecule has 1 saturated carbocycles. The molecule has 39 heavy (non-hydrogen) atoms. The van der Waals surface area contributed by atoms with Gasteiger partial charge in [0.25, 0.3) is 5.91 Å². The monoisotopic (exact) mass is 550 g/mol. The topological polar surface area (TPSA) is 140 Å². The third kappa shape index (κ3) is 5.86. The molecule has 0 radical (unpaired) electrons. The second kappa shape index (κ2) is 10.2. The van der Waals surface area contributed by atoms with Crippen molar-refractivity contribution in [1.29, 1.82) is 0 Å². The van der Waals surface area contributed by atoms with Crippen molar-refractivity contribution in [2.75, 3.05) is 41.4 Å². The van der Waals surface area contributed by atoms with E-state index in [4.69, 9.17) is 4.74 Å². The first kappa shape index (κ1) is 26.9. The van der Waals surface area contributed by atoms with Gasteiger partial charge in [0.2, 0.25) is 0 Å². The molecule has 3 aliphatic rings. The lowest BCUT2D eigenvalue weighted by Gasteiger charge is -2.35. The normalized spacial score (nSPS) is 20.6. The van der Waals surface area contributed by atoms with Crippen LogP contribution in [0.3, 0.4) is 0 Å². The number of aliphatic hydroxyl groups is 2. The van der Waals surface area contributed by atoms with Gasteiger partial charge in [0.05, 0.1) is 18.3 Å². The number of carbonyl (C=O) groups excluding carboxylic acids is 2. The Kier molecular flexibility index (Phi) is 7.01. The van der Waals surface area contributed by atoms with Gasteiger partial charge in [0, 0.05) is 25.4 Å². The van der Waals surface area contributed by atoms with Crippen molar-refractivity contribution >= 4 is 29.3 Å². The molecule has 1 saturated heterocycles. The first-order chi connectivity index (χ1) is 18.4. The third-order valence-corrected chi connectivity index (χ3v) is 6.99. The van der Waals surface area contributed by atoms with Crippen molar-refractivity contribution in [1.82, 2.24) is 15.3 Å². The van der Waals surface area contributed by atoms with Crippen molar-refractivity contribution in [3.63, 3.8) is 0 Å². The summed E-state index contributed by atoms with van der Waals surface area (Å²) in [6, 6.07) is 3.15. The van der Waals surface area contributed by atoms with E-state index in [1.807, 2.05) is 4.90 Å². The van der Waals surface area contributed by atoms with Gasteiger partial charge < -0.3 is 25.2 Å². The van der Waals surface area contributed by atoms with E-state index in [2.05, 4.69) is 20.6 Å². The van der Waals surface area contributed by atoms with Crippen LogP contribution in [-0.4, -0.2) is 82.3 Å². The Morgan fingerprint density at radius 1 is 1.23 bits per heavy atom. The lowest BCUT2D eigenvalue weighted by Crippen LogP contribution is -2.49. The van der Waals surface area contributed by atoms with Gasteiger partial charge >= 0.3 is 12.2 Å². The molecule has 2 aromatic heterocycles. The van der Waals surface area contributed by atoms with Gasteiger partial charge in [-0.2, -0.15) is 13.2 Å².